The smallest absolute Gasteiger partial charge is 1.00 e. The molecule has 28 heavy (non-hydrogen) atoms. The fraction of sp³-hybridized carbons (Fsp3) is 0.125. The fourth-order valence-corrected chi connectivity index (χ4v) is 3.23. The molecule has 0 atom stereocenters. The molecule has 1 aromatic heterocycles. The molecule has 0 amide bonds. The number of halogens is 2. The number of fused-ring (bicyclic) bond motifs is 2. The van der Waals surface area contributed by atoms with Crippen LogP contribution in [0.3, 0.4) is 0 Å². The maximum absolute atomic E-state index is 3.19. The molecule has 0 radical (unpaired) electrons. The topological polar surface area (TPSA) is 4.93 Å². The number of hydrogen-bond acceptors (Lipinski definition) is 0. The summed E-state index contributed by atoms with van der Waals surface area (Å²) in [5, 5.41) is 3.87. The normalized spacial score (nSPS) is 12.1. The van der Waals surface area contributed by atoms with E-state index in [0.717, 1.165) is 6.42 Å². The predicted octanol–water partition coefficient (Wildman–Crippen LogP) is 0.594. The summed E-state index contributed by atoms with van der Waals surface area (Å²) in [5.41, 5.74) is 5.20. The van der Waals surface area contributed by atoms with Crippen LogP contribution in [0.5, 0.6) is 0 Å². The van der Waals surface area contributed by atoms with Crippen LogP contribution in [0, 0.1) is 6.08 Å². The van der Waals surface area contributed by atoms with Crippen LogP contribution < -0.4 is 24.8 Å². The first-order valence-electron chi connectivity index (χ1n) is 8.69. The summed E-state index contributed by atoms with van der Waals surface area (Å²) in [6, 6.07) is 23.6. The molecule has 0 aliphatic heterocycles. The van der Waals surface area contributed by atoms with Gasteiger partial charge in [0.05, 0.1) is 5.52 Å². The zero-order valence-corrected chi connectivity index (χ0v) is 21.0. The quantitative estimate of drug-likeness (QED) is 0.233. The first-order valence-corrected chi connectivity index (χ1v) is 8.69. The summed E-state index contributed by atoms with van der Waals surface area (Å²) in [6.07, 6.45) is 8.55. The molecular formula is C24H21Cl2HfN. The first kappa shape index (κ1) is 24.6. The molecule has 0 fully saturated rings. The van der Waals surface area contributed by atoms with Crippen LogP contribution in [-0.4, -0.2) is 4.57 Å². The third-order valence-electron chi connectivity index (χ3n) is 4.85. The number of allylic oxidation sites excluding steroid dienone is 4. The average molecular weight is 573 g/mol. The Morgan fingerprint density at radius 2 is 1.57 bits per heavy atom. The van der Waals surface area contributed by atoms with Crippen molar-refractivity contribution in [1.82, 2.24) is 4.57 Å². The molecule has 5 rings (SSSR count). The molecule has 1 nitrogen and oxygen atoms in total. The molecule has 3 aromatic carbocycles. The molecule has 0 bridgehead atoms. The van der Waals surface area contributed by atoms with Gasteiger partial charge in [0.1, 0.15) is 0 Å². The van der Waals surface area contributed by atoms with E-state index >= 15 is 0 Å². The van der Waals surface area contributed by atoms with E-state index < -0.39 is 0 Å². The van der Waals surface area contributed by atoms with Gasteiger partial charge in [-0.05, 0) is 23.2 Å². The van der Waals surface area contributed by atoms with Gasteiger partial charge in [0.25, 0.3) is 0 Å². The standard InChI is InChI=1S/C17H12N.C7H9.2ClH.Hf/c1-2-7-15-12-16(11-14(15)6-1)18-10-9-13-5-3-4-8-17(13)18;1-6-4-3-5-7(6)2;;;/h1-12H;4H,3H2,1-2H3;2*1H;/q2*-1;;;+4/p-2. The van der Waals surface area contributed by atoms with Crippen molar-refractivity contribution < 1.29 is 50.7 Å². The zero-order valence-electron chi connectivity index (χ0n) is 15.9. The minimum absolute atomic E-state index is 0. The number of aromatic nitrogens is 1. The van der Waals surface area contributed by atoms with Crippen molar-refractivity contribution in [2.24, 2.45) is 0 Å². The van der Waals surface area contributed by atoms with Gasteiger partial charge in [0.15, 0.2) is 0 Å². The van der Waals surface area contributed by atoms with Crippen LogP contribution in [0.2, 0.25) is 0 Å². The van der Waals surface area contributed by atoms with E-state index in [1.165, 1.54) is 38.5 Å². The van der Waals surface area contributed by atoms with Gasteiger partial charge in [-0.2, -0.15) is 6.08 Å². The van der Waals surface area contributed by atoms with Crippen molar-refractivity contribution in [3.63, 3.8) is 0 Å². The Morgan fingerprint density at radius 3 is 2.18 bits per heavy atom. The summed E-state index contributed by atoms with van der Waals surface area (Å²) < 4.78 is 2.25. The molecule has 0 unspecified atom stereocenters. The summed E-state index contributed by atoms with van der Waals surface area (Å²) in [7, 11) is 0. The van der Waals surface area contributed by atoms with Gasteiger partial charge in [-0.15, -0.1) is 54.4 Å². The second kappa shape index (κ2) is 10.9. The van der Waals surface area contributed by atoms with E-state index in [1.807, 2.05) is 0 Å². The third kappa shape index (κ3) is 5.11. The Labute approximate surface area is 198 Å². The van der Waals surface area contributed by atoms with Crippen LogP contribution in [-0.2, 0) is 25.8 Å². The number of rotatable bonds is 1. The van der Waals surface area contributed by atoms with Crippen molar-refractivity contribution in [3.8, 4) is 5.69 Å². The van der Waals surface area contributed by atoms with Gasteiger partial charge in [-0.1, -0.05) is 31.2 Å². The van der Waals surface area contributed by atoms with E-state index in [4.69, 9.17) is 0 Å². The number of nitrogens with zero attached hydrogens (tertiary/aromatic N) is 1. The van der Waals surface area contributed by atoms with Crippen molar-refractivity contribution >= 4 is 21.7 Å². The molecule has 4 aromatic rings. The molecule has 140 valence electrons. The van der Waals surface area contributed by atoms with Crippen molar-refractivity contribution in [2.45, 2.75) is 20.3 Å². The van der Waals surface area contributed by atoms with E-state index in [1.54, 1.807) is 0 Å². The Hall–Kier alpha value is -1.48. The van der Waals surface area contributed by atoms with Gasteiger partial charge in [-0.3, -0.25) is 6.08 Å². The molecule has 0 saturated heterocycles. The Balaban J connectivity index is 0.000000341. The van der Waals surface area contributed by atoms with Gasteiger partial charge in [0.2, 0.25) is 0 Å². The second-order valence-electron chi connectivity index (χ2n) is 6.48. The molecule has 1 aliphatic rings. The predicted molar refractivity (Wildman–Crippen MR) is 107 cm³/mol. The van der Waals surface area contributed by atoms with E-state index in [2.05, 4.69) is 103 Å². The van der Waals surface area contributed by atoms with Crippen molar-refractivity contribution in [3.05, 3.63) is 96.2 Å². The number of hydrogen-bond donors (Lipinski definition) is 0. The maximum atomic E-state index is 3.19. The Bertz CT molecular complexity index is 1050. The summed E-state index contributed by atoms with van der Waals surface area (Å²) in [5.74, 6) is 0. The average Bonchev–Trinajstić information content (AvgIpc) is 3.34. The second-order valence-corrected chi connectivity index (χ2v) is 6.48. The van der Waals surface area contributed by atoms with Gasteiger partial charge < -0.3 is 29.4 Å². The van der Waals surface area contributed by atoms with Gasteiger partial charge in [-0.25, -0.2) is 11.1 Å². The SMILES string of the molecule is CC1=[C-]CC=C1C.[Cl-].[Cl-].[Hf+4].c1ccc2[cH-]c(-n3ccc4ccccc43)cc2c1. The van der Waals surface area contributed by atoms with E-state index in [9.17, 15) is 0 Å². The minimum Gasteiger partial charge on any atom is -1.00 e. The minimum atomic E-state index is 0. The Morgan fingerprint density at radius 1 is 0.893 bits per heavy atom. The third-order valence-corrected chi connectivity index (χ3v) is 4.85. The van der Waals surface area contributed by atoms with Gasteiger partial charge in [0, 0.05) is 6.20 Å². The number of benzene rings is 2. The summed E-state index contributed by atoms with van der Waals surface area (Å²) in [4.78, 5) is 0. The van der Waals surface area contributed by atoms with Crippen LogP contribution in [0.25, 0.3) is 27.4 Å². The molecule has 0 saturated carbocycles. The first-order chi connectivity index (χ1) is 12.2. The maximum Gasteiger partial charge on any atom is 4.00 e. The molecule has 0 N–H and O–H groups in total. The van der Waals surface area contributed by atoms with Crippen molar-refractivity contribution in [1.29, 1.82) is 0 Å². The molecule has 0 spiro atoms. The summed E-state index contributed by atoms with van der Waals surface area (Å²) in [6.45, 7) is 4.22. The van der Waals surface area contributed by atoms with Gasteiger partial charge >= 0.3 is 25.8 Å². The van der Waals surface area contributed by atoms with Crippen LogP contribution >= 0.6 is 0 Å². The molecule has 1 heterocycles. The zero-order chi connectivity index (χ0) is 17.2. The monoisotopic (exact) mass is 573 g/mol. The fourth-order valence-electron chi connectivity index (χ4n) is 3.23. The molecule has 4 heteroatoms. The van der Waals surface area contributed by atoms with Crippen LogP contribution in [0.15, 0.2) is 90.1 Å². The van der Waals surface area contributed by atoms with E-state index in [0.29, 0.717) is 0 Å². The number of para-hydroxylation sites is 1. The Kier molecular flexibility index (Phi) is 9.56. The van der Waals surface area contributed by atoms with Crippen LogP contribution in [0.1, 0.15) is 20.3 Å². The summed E-state index contributed by atoms with van der Waals surface area (Å²) >= 11 is 0. The largest absolute Gasteiger partial charge is 4.00 e. The van der Waals surface area contributed by atoms with Crippen molar-refractivity contribution in [2.75, 3.05) is 0 Å². The van der Waals surface area contributed by atoms with Crippen LogP contribution in [0.4, 0.5) is 0 Å². The van der Waals surface area contributed by atoms with E-state index in [-0.39, 0.29) is 50.7 Å². The molecular weight excluding hydrogens is 552 g/mol. The molecule has 1 aliphatic carbocycles.